The monoisotopic (exact) mass is 683 g/mol. The number of nitrogens with zero attached hydrogens (tertiary/aromatic N) is 1. The Morgan fingerprint density at radius 2 is 1.37 bits per heavy atom. The highest BCUT2D eigenvalue weighted by molar-refractivity contribution is 7.89. The van der Waals surface area contributed by atoms with Crippen LogP contribution < -0.4 is 0 Å². The van der Waals surface area contributed by atoms with Gasteiger partial charge in [-0.25, -0.2) is 8.42 Å². The Kier molecular flexibility index (Phi) is 9.45. The third-order valence-electron chi connectivity index (χ3n) is 8.46. The molecular formula is C39H32F3NO5S. The largest absolute Gasteiger partial charge is 0.480 e. The Balaban J connectivity index is 1.29. The molecule has 1 N–H and O–H groups in total. The van der Waals surface area contributed by atoms with Crippen LogP contribution in [-0.2, 0) is 34.0 Å². The van der Waals surface area contributed by atoms with Gasteiger partial charge in [0.1, 0.15) is 17.4 Å². The van der Waals surface area contributed by atoms with Crippen LogP contribution in [0.5, 0.6) is 0 Å². The van der Waals surface area contributed by atoms with Gasteiger partial charge in [0.25, 0.3) is 0 Å². The highest BCUT2D eigenvalue weighted by Gasteiger charge is 2.36. The first-order chi connectivity index (χ1) is 23.5. The average Bonchev–Trinajstić information content (AvgIpc) is 3.46. The van der Waals surface area contributed by atoms with Gasteiger partial charge in [0, 0.05) is 23.9 Å². The number of carbonyl (C=O) groups is 1. The normalized spacial score (nSPS) is 12.8. The molecule has 0 fully saturated rings. The third kappa shape index (κ3) is 7.16. The number of fused-ring (bicyclic) bond motifs is 1. The number of hydrogen-bond donors (Lipinski definition) is 1. The van der Waals surface area contributed by atoms with E-state index in [2.05, 4.69) is 12.1 Å². The molecule has 6 rings (SSSR count). The molecule has 0 amide bonds. The summed E-state index contributed by atoms with van der Waals surface area (Å²) in [6, 6.07) is 34.5. The molecular weight excluding hydrogens is 651 g/mol. The lowest BCUT2D eigenvalue weighted by molar-refractivity contribution is -0.142. The number of sulfonamides is 1. The molecule has 1 aromatic heterocycles. The lowest BCUT2D eigenvalue weighted by Crippen LogP contribution is -2.44. The fourth-order valence-electron chi connectivity index (χ4n) is 5.99. The minimum atomic E-state index is -4.64. The first kappa shape index (κ1) is 33.7. The van der Waals surface area contributed by atoms with Gasteiger partial charge in [-0.3, -0.25) is 4.79 Å². The molecule has 0 aliphatic heterocycles. The molecule has 0 spiro atoms. The summed E-state index contributed by atoms with van der Waals surface area (Å²) in [6.45, 7) is 0.965. The van der Waals surface area contributed by atoms with E-state index in [4.69, 9.17) is 4.42 Å². The van der Waals surface area contributed by atoms with Crippen molar-refractivity contribution in [2.24, 2.45) is 0 Å². The highest BCUT2D eigenvalue weighted by Crippen LogP contribution is 2.37. The molecule has 0 bridgehead atoms. The minimum Gasteiger partial charge on any atom is -0.480 e. The van der Waals surface area contributed by atoms with Crippen LogP contribution >= 0.6 is 0 Å². The number of furan rings is 1. The number of rotatable bonds is 11. The molecule has 250 valence electrons. The second kappa shape index (κ2) is 13.7. The van der Waals surface area contributed by atoms with Crippen molar-refractivity contribution < 1.29 is 35.9 Å². The van der Waals surface area contributed by atoms with Crippen molar-refractivity contribution in [3.8, 4) is 22.3 Å². The summed E-state index contributed by atoms with van der Waals surface area (Å²) in [7, 11) is -4.43. The van der Waals surface area contributed by atoms with Crippen molar-refractivity contribution in [1.29, 1.82) is 0 Å². The Morgan fingerprint density at radius 1 is 0.776 bits per heavy atom. The van der Waals surface area contributed by atoms with Crippen molar-refractivity contribution in [1.82, 2.24) is 4.31 Å². The van der Waals surface area contributed by atoms with Gasteiger partial charge in [0.05, 0.1) is 10.5 Å². The number of alkyl halides is 3. The van der Waals surface area contributed by atoms with Gasteiger partial charge in [-0.05, 0) is 58.5 Å². The van der Waals surface area contributed by atoms with E-state index in [9.17, 15) is 31.5 Å². The van der Waals surface area contributed by atoms with Gasteiger partial charge in [-0.15, -0.1) is 0 Å². The van der Waals surface area contributed by atoms with Gasteiger partial charge < -0.3 is 9.52 Å². The number of aliphatic carboxylic acids is 1. The van der Waals surface area contributed by atoms with E-state index in [-0.39, 0.29) is 16.9 Å². The van der Waals surface area contributed by atoms with Gasteiger partial charge in [-0.1, -0.05) is 110 Å². The number of benzene rings is 5. The van der Waals surface area contributed by atoms with Crippen molar-refractivity contribution >= 4 is 27.0 Å². The number of carboxylic acid groups (broad SMARTS) is 1. The molecule has 0 aliphatic rings. The number of halogens is 3. The Morgan fingerprint density at radius 3 is 2.00 bits per heavy atom. The molecule has 49 heavy (non-hydrogen) atoms. The van der Waals surface area contributed by atoms with Gasteiger partial charge >= 0.3 is 12.1 Å². The standard InChI is InChI=1S/C39H32F3NO5S/c1-2-34(38(44)45)43(25-27-11-8-12-31(23-27)39(40,41)42)49(46,47)32-21-19-29(20-22-32)28-15-17-30(18-16-28)37-33-13-6-7-14-35(33)48-36(37)24-26-9-4-3-5-10-26/h3-23,34H,2,24-25H2,1H3,(H,44,45). The molecule has 5 aromatic carbocycles. The lowest BCUT2D eigenvalue weighted by Gasteiger charge is -2.28. The molecule has 1 unspecified atom stereocenters. The maximum Gasteiger partial charge on any atom is 0.416 e. The zero-order chi connectivity index (χ0) is 34.8. The van der Waals surface area contributed by atoms with Crippen molar-refractivity contribution in [2.75, 3.05) is 0 Å². The van der Waals surface area contributed by atoms with Crippen molar-refractivity contribution in [2.45, 2.75) is 43.4 Å². The quantitative estimate of drug-likeness (QED) is 0.147. The molecule has 0 saturated carbocycles. The molecule has 0 saturated heterocycles. The van der Waals surface area contributed by atoms with Gasteiger partial charge in [0.15, 0.2) is 0 Å². The van der Waals surface area contributed by atoms with E-state index >= 15 is 0 Å². The van der Waals surface area contributed by atoms with E-state index in [1.807, 2.05) is 66.7 Å². The van der Waals surface area contributed by atoms with Gasteiger partial charge in [0.2, 0.25) is 10.0 Å². The molecule has 10 heteroatoms. The predicted octanol–water partition coefficient (Wildman–Crippen LogP) is 9.43. The zero-order valence-electron chi connectivity index (χ0n) is 26.4. The fraction of sp³-hybridized carbons (Fsp3) is 0.154. The molecule has 1 heterocycles. The number of carboxylic acids is 1. The van der Waals surface area contributed by atoms with Crippen LogP contribution in [0.1, 0.15) is 35.8 Å². The Labute approximate surface area is 282 Å². The summed E-state index contributed by atoms with van der Waals surface area (Å²) >= 11 is 0. The molecule has 1 atom stereocenters. The van der Waals surface area contributed by atoms with Crippen LogP contribution in [0.25, 0.3) is 33.2 Å². The maximum atomic E-state index is 13.8. The van der Waals surface area contributed by atoms with Crippen LogP contribution in [0, 0.1) is 0 Å². The number of hydrogen-bond acceptors (Lipinski definition) is 4. The van der Waals surface area contributed by atoms with Crippen molar-refractivity contribution in [3.05, 3.63) is 150 Å². The topological polar surface area (TPSA) is 87.8 Å². The summed E-state index contributed by atoms with van der Waals surface area (Å²) in [5.41, 5.74) is 4.49. The number of para-hydroxylation sites is 1. The summed E-state index contributed by atoms with van der Waals surface area (Å²) in [5, 5.41) is 10.9. The first-order valence-corrected chi connectivity index (χ1v) is 17.1. The summed E-state index contributed by atoms with van der Waals surface area (Å²) in [4.78, 5) is 11.9. The second-order valence-electron chi connectivity index (χ2n) is 11.7. The summed E-state index contributed by atoms with van der Waals surface area (Å²) < 4.78 is 74.8. The molecule has 0 radical (unpaired) electrons. The van der Waals surface area contributed by atoms with E-state index < -0.39 is 40.3 Å². The van der Waals surface area contributed by atoms with E-state index in [0.717, 1.165) is 61.0 Å². The highest BCUT2D eigenvalue weighted by atomic mass is 32.2. The smallest absolute Gasteiger partial charge is 0.416 e. The van der Waals surface area contributed by atoms with Crippen molar-refractivity contribution in [3.63, 3.8) is 0 Å². The van der Waals surface area contributed by atoms with Crippen LogP contribution in [0.4, 0.5) is 13.2 Å². The molecule has 6 nitrogen and oxygen atoms in total. The van der Waals surface area contributed by atoms with Crippen LogP contribution in [-0.4, -0.2) is 29.8 Å². The molecule has 0 aliphatic carbocycles. The lowest BCUT2D eigenvalue weighted by atomic mass is 9.96. The summed E-state index contributed by atoms with van der Waals surface area (Å²) in [6.07, 6.45) is -4.10. The van der Waals surface area contributed by atoms with Crippen LogP contribution in [0.2, 0.25) is 0 Å². The zero-order valence-corrected chi connectivity index (χ0v) is 27.2. The first-order valence-electron chi connectivity index (χ1n) is 15.6. The van der Waals surface area contributed by atoms with Crippen LogP contribution in [0.15, 0.2) is 137 Å². The Hall–Kier alpha value is -5.19. The van der Waals surface area contributed by atoms with Crippen LogP contribution in [0.3, 0.4) is 0 Å². The predicted molar refractivity (Wildman–Crippen MR) is 182 cm³/mol. The van der Waals surface area contributed by atoms with E-state index in [1.54, 1.807) is 12.1 Å². The van der Waals surface area contributed by atoms with E-state index in [1.165, 1.54) is 31.2 Å². The SMILES string of the molecule is CCC(C(=O)O)N(Cc1cccc(C(F)(F)F)c1)S(=O)(=O)c1ccc(-c2ccc(-c3c(Cc4ccccc4)oc4ccccc34)cc2)cc1. The second-order valence-corrected chi connectivity index (χ2v) is 13.6. The average molecular weight is 684 g/mol. The third-order valence-corrected chi connectivity index (χ3v) is 10.3. The summed E-state index contributed by atoms with van der Waals surface area (Å²) in [5.74, 6) is -0.553. The van der Waals surface area contributed by atoms with E-state index in [0.29, 0.717) is 6.42 Å². The Bertz CT molecular complexity index is 2190. The molecule has 6 aromatic rings. The van der Waals surface area contributed by atoms with Gasteiger partial charge in [-0.2, -0.15) is 17.5 Å². The fourth-order valence-corrected chi connectivity index (χ4v) is 7.64. The minimum absolute atomic E-state index is 0.0205. The maximum absolute atomic E-state index is 13.8.